The molecule has 2 aromatic rings. The summed E-state index contributed by atoms with van der Waals surface area (Å²) in [5, 5.41) is 5.06. The van der Waals surface area contributed by atoms with E-state index in [9.17, 15) is 18.0 Å². The lowest BCUT2D eigenvalue weighted by molar-refractivity contribution is -0.141. The van der Waals surface area contributed by atoms with Gasteiger partial charge in [-0.05, 0) is 24.1 Å². The number of hydrogen-bond acceptors (Lipinski definition) is 4. The summed E-state index contributed by atoms with van der Waals surface area (Å²) >= 11 is 0. The molecule has 0 fully saturated rings. The number of carbonyl (C=O) groups excluding carboxylic acids is 1. The Hall–Kier alpha value is -2.51. The van der Waals surface area contributed by atoms with Crippen molar-refractivity contribution in [1.29, 1.82) is 0 Å². The maximum atomic E-state index is 12.8. The monoisotopic (exact) mass is 328 g/mol. The van der Waals surface area contributed by atoms with E-state index in [2.05, 4.69) is 5.10 Å². The van der Waals surface area contributed by atoms with Crippen LogP contribution in [0, 0.1) is 0 Å². The van der Waals surface area contributed by atoms with Gasteiger partial charge in [0.05, 0.1) is 13.3 Å². The van der Waals surface area contributed by atoms with E-state index in [0.717, 1.165) is 6.20 Å². The summed E-state index contributed by atoms with van der Waals surface area (Å²) < 4.78 is 48.6. The lowest BCUT2D eigenvalue weighted by atomic mass is 10.1. The number of H-pyrrole nitrogens is 1. The summed E-state index contributed by atoms with van der Waals surface area (Å²) in [6, 6.07) is 6.76. The number of nitrogens with zero attached hydrogens (tertiary/aromatic N) is 1. The Morgan fingerprint density at radius 3 is 2.48 bits per heavy atom. The quantitative estimate of drug-likeness (QED) is 0.849. The topological polar surface area (TPSA) is 64.2 Å². The molecule has 1 aromatic carbocycles. The van der Waals surface area contributed by atoms with Gasteiger partial charge in [-0.2, -0.15) is 18.3 Å². The fraction of sp³-hybridized carbons (Fsp3) is 0.333. The first-order valence-electron chi connectivity index (χ1n) is 6.82. The highest BCUT2D eigenvalue weighted by Gasteiger charge is 2.38. The molecule has 1 aromatic heterocycles. The second-order valence-electron chi connectivity index (χ2n) is 4.73. The van der Waals surface area contributed by atoms with Crippen LogP contribution in [0.5, 0.6) is 5.75 Å². The van der Waals surface area contributed by atoms with E-state index in [-0.39, 0.29) is 0 Å². The van der Waals surface area contributed by atoms with Gasteiger partial charge in [-0.25, -0.2) is 4.79 Å². The summed E-state index contributed by atoms with van der Waals surface area (Å²) in [4.78, 5) is 12.0. The van der Waals surface area contributed by atoms with Crippen LogP contribution in [0.1, 0.15) is 41.1 Å². The molecule has 0 aliphatic rings. The van der Waals surface area contributed by atoms with E-state index in [4.69, 9.17) is 9.47 Å². The number of rotatable bonds is 5. The molecule has 1 N–H and O–H groups in total. The number of alkyl halides is 3. The minimum atomic E-state index is -4.70. The third-order valence-electron chi connectivity index (χ3n) is 3.25. The van der Waals surface area contributed by atoms with Crippen LogP contribution in [0.15, 0.2) is 30.5 Å². The van der Waals surface area contributed by atoms with Crippen LogP contribution >= 0.6 is 0 Å². The highest BCUT2D eigenvalue weighted by molar-refractivity contribution is 5.90. The standard InChI is InChI=1S/C15H15F3N2O3/c1-3-12(9-4-6-10(22-2)7-5-9)23-14(21)11-8-19-20-13(11)15(16,17)18/h4-8,12H,3H2,1-2H3,(H,19,20). The zero-order valence-electron chi connectivity index (χ0n) is 12.5. The minimum Gasteiger partial charge on any atom is -0.497 e. The van der Waals surface area contributed by atoms with Gasteiger partial charge in [-0.1, -0.05) is 19.1 Å². The van der Waals surface area contributed by atoms with Crippen molar-refractivity contribution in [3.8, 4) is 5.75 Å². The Labute approximate surface area is 130 Å². The molecule has 0 bridgehead atoms. The maximum Gasteiger partial charge on any atom is 0.433 e. The van der Waals surface area contributed by atoms with Gasteiger partial charge in [0.2, 0.25) is 0 Å². The van der Waals surface area contributed by atoms with E-state index in [0.29, 0.717) is 17.7 Å². The zero-order valence-corrected chi connectivity index (χ0v) is 12.5. The molecule has 2 rings (SSSR count). The molecule has 0 spiro atoms. The van der Waals surface area contributed by atoms with Gasteiger partial charge in [0.1, 0.15) is 17.4 Å². The number of benzene rings is 1. The Balaban J connectivity index is 2.18. The normalized spacial score (nSPS) is 12.7. The molecule has 0 saturated carbocycles. The molecule has 124 valence electrons. The summed E-state index contributed by atoms with van der Waals surface area (Å²) in [7, 11) is 1.52. The number of aromatic amines is 1. The van der Waals surface area contributed by atoms with Gasteiger partial charge in [-0.3, -0.25) is 5.10 Å². The molecule has 0 aliphatic carbocycles. The van der Waals surface area contributed by atoms with Crippen LogP contribution in [0.25, 0.3) is 0 Å². The second kappa shape index (κ2) is 6.72. The molecule has 23 heavy (non-hydrogen) atoms. The molecule has 8 heteroatoms. The van der Waals surface area contributed by atoms with Gasteiger partial charge in [0.15, 0.2) is 5.69 Å². The minimum absolute atomic E-state index is 0.414. The van der Waals surface area contributed by atoms with Crippen molar-refractivity contribution in [1.82, 2.24) is 10.2 Å². The van der Waals surface area contributed by atoms with Gasteiger partial charge < -0.3 is 9.47 Å². The van der Waals surface area contributed by atoms with Crippen LogP contribution in [0.2, 0.25) is 0 Å². The van der Waals surface area contributed by atoms with Crippen LogP contribution in [-0.4, -0.2) is 23.3 Å². The number of halogens is 3. The first kappa shape index (κ1) is 16.9. The lowest BCUT2D eigenvalue weighted by Gasteiger charge is -2.17. The predicted octanol–water partition coefficient (Wildman–Crippen LogP) is 3.75. The number of ether oxygens (including phenoxy) is 2. The van der Waals surface area contributed by atoms with E-state index in [1.165, 1.54) is 7.11 Å². The molecule has 0 saturated heterocycles. The van der Waals surface area contributed by atoms with Gasteiger partial charge in [0.25, 0.3) is 0 Å². The SMILES string of the molecule is CCC(OC(=O)c1cn[nH]c1C(F)(F)F)c1ccc(OC)cc1. The molecule has 5 nitrogen and oxygen atoms in total. The van der Waals surface area contributed by atoms with Crippen molar-refractivity contribution in [2.75, 3.05) is 7.11 Å². The van der Waals surface area contributed by atoms with Crippen LogP contribution in [0.4, 0.5) is 13.2 Å². The third kappa shape index (κ3) is 3.82. The predicted molar refractivity (Wildman–Crippen MR) is 75.0 cm³/mol. The first-order chi connectivity index (χ1) is 10.9. The van der Waals surface area contributed by atoms with Gasteiger partial charge >= 0.3 is 12.1 Å². The van der Waals surface area contributed by atoms with E-state index >= 15 is 0 Å². The molecule has 1 heterocycles. The molecular weight excluding hydrogens is 313 g/mol. The van der Waals surface area contributed by atoms with Crippen LogP contribution in [0.3, 0.4) is 0 Å². The van der Waals surface area contributed by atoms with Crippen molar-refractivity contribution in [3.63, 3.8) is 0 Å². The maximum absolute atomic E-state index is 12.8. The van der Waals surface area contributed by atoms with E-state index < -0.39 is 29.5 Å². The van der Waals surface area contributed by atoms with Crippen LogP contribution in [-0.2, 0) is 10.9 Å². The van der Waals surface area contributed by atoms with E-state index in [1.807, 2.05) is 0 Å². The zero-order chi connectivity index (χ0) is 17.0. The van der Waals surface area contributed by atoms with Crippen molar-refractivity contribution in [3.05, 3.63) is 47.3 Å². The summed E-state index contributed by atoms with van der Waals surface area (Å²) in [6.07, 6.45) is -4.14. The molecule has 1 unspecified atom stereocenters. The average Bonchev–Trinajstić information content (AvgIpc) is 3.02. The Morgan fingerprint density at radius 1 is 1.30 bits per heavy atom. The summed E-state index contributed by atoms with van der Waals surface area (Å²) in [5.74, 6) is -0.446. The van der Waals surface area contributed by atoms with Gasteiger partial charge in [-0.15, -0.1) is 0 Å². The largest absolute Gasteiger partial charge is 0.497 e. The number of carbonyl (C=O) groups is 1. The number of nitrogens with one attached hydrogen (secondary N) is 1. The summed E-state index contributed by atoms with van der Waals surface area (Å²) in [5.41, 5.74) is -1.18. The highest BCUT2D eigenvalue weighted by atomic mass is 19.4. The fourth-order valence-corrected chi connectivity index (χ4v) is 2.06. The number of aromatic nitrogens is 2. The van der Waals surface area contributed by atoms with Crippen molar-refractivity contribution in [2.45, 2.75) is 25.6 Å². The Kier molecular flexibility index (Phi) is 4.92. The molecule has 0 amide bonds. The van der Waals surface area contributed by atoms with Crippen LogP contribution < -0.4 is 4.74 Å². The Morgan fingerprint density at radius 2 is 1.96 bits per heavy atom. The first-order valence-corrected chi connectivity index (χ1v) is 6.82. The highest BCUT2D eigenvalue weighted by Crippen LogP contribution is 2.31. The molecule has 1 atom stereocenters. The summed E-state index contributed by atoms with van der Waals surface area (Å²) in [6.45, 7) is 1.77. The van der Waals surface area contributed by atoms with Crippen molar-refractivity contribution in [2.24, 2.45) is 0 Å². The smallest absolute Gasteiger partial charge is 0.433 e. The third-order valence-corrected chi connectivity index (χ3v) is 3.25. The molecular formula is C15H15F3N2O3. The number of methoxy groups -OCH3 is 1. The number of esters is 1. The van der Waals surface area contributed by atoms with Crippen molar-refractivity contribution < 1.29 is 27.4 Å². The Bertz CT molecular complexity index is 665. The molecule has 0 aliphatic heterocycles. The average molecular weight is 328 g/mol. The van der Waals surface area contributed by atoms with Crippen molar-refractivity contribution >= 4 is 5.97 Å². The van der Waals surface area contributed by atoms with E-state index in [1.54, 1.807) is 36.3 Å². The number of hydrogen-bond donors (Lipinski definition) is 1. The van der Waals surface area contributed by atoms with Gasteiger partial charge in [0, 0.05) is 0 Å². The molecule has 0 radical (unpaired) electrons. The lowest BCUT2D eigenvalue weighted by Crippen LogP contribution is -2.16. The fourth-order valence-electron chi connectivity index (χ4n) is 2.06. The second-order valence-corrected chi connectivity index (χ2v) is 4.73.